The minimum Gasteiger partial charge on any atom is -0.380 e. The lowest BCUT2D eigenvalue weighted by atomic mass is 10.1. The van der Waals surface area contributed by atoms with Crippen molar-refractivity contribution in [2.45, 2.75) is 57.5 Å². The highest BCUT2D eigenvalue weighted by atomic mass is 16.5. The first kappa shape index (κ1) is 14.1. The van der Waals surface area contributed by atoms with Crippen LogP contribution in [0.15, 0.2) is 24.3 Å². The second kappa shape index (κ2) is 6.25. The van der Waals surface area contributed by atoms with Crippen LogP contribution in [0.4, 0.5) is 0 Å². The predicted octanol–water partition coefficient (Wildman–Crippen LogP) is 2.55. The molecule has 3 nitrogen and oxygen atoms in total. The predicted molar refractivity (Wildman–Crippen MR) is 81.6 cm³/mol. The summed E-state index contributed by atoms with van der Waals surface area (Å²) in [5, 5.41) is 3.73. The van der Waals surface area contributed by atoms with E-state index in [4.69, 9.17) is 4.74 Å². The van der Waals surface area contributed by atoms with Gasteiger partial charge in [-0.3, -0.25) is 4.90 Å². The zero-order valence-electron chi connectivity index (χ0n) is 12.6. The molecule has 1 heterocycles. The molecular weight excluding hydrogens is 248 g/mol. The Hall–Kier alpha value is -0.900. The van der Waals surface area contributed by atoms with Gasteiger partial charge in [-0.25, -0.2) is 0 Å². The summed E-state index contributed by atoms with van der Waals surface area (Å²) >= 11 is 0. The van der Waals surface area contributed by atoms with E-state index in [2.05, 4.69) is 41.4 Å². The van der Waals surface area contributed by atoms with Crippen LogP contribution in [0.1, 0.15) is 37.3 Å². The first-order valence-corrected chi connectivity index (χ1v) is 7.82. The van der Waals surface area contributed by atoms with E-state index in [9.17, 15) is 0 Å². The van der Waals surface area contributed by atoms with E-state index < -0.39 is 0 Å². The van der Waals surface area contributed by atoms with Crippen LogP contribution < -0.4 is 5.32 Å². The number of nitrogens with one attached hydrogen (secondary N) is 1. The SMILES string of the molecule is COCc1cccc(CNC2CC(C)N(C3CC3)C2)c1. The van der Waals surface area contributed by atoms with Gasteiger partial charge in [-0.15, -0.1) is 0 Å². The van der Waals surface area contributed by atoms with Crippen LogP contribution in [-0.2, 0) is 17.9 Å². The van der Waals surface area contributed by atoms with E-state index in [1.54, 1.807) is 7.11 Å². The van der Waals surface area contributed by atoms with Crippen molar-refractivity contribution < 1.29 is 4.74 Å². The highest BCUT2D eigenvalue weighted by molar-refractivity contribution is 5.23. The highest BCUT2D eigenvalue weighted by Crippen LogP contribution is 2.33. The topological polar surface area (TPSA) is 24.5 Å². The Morgan fingerprint density at radius 3 is 2.85 bits per heavy atom. The lowest BCUT2D eigenvalue weighted by Gasteiger charge is -2.19. The third-order valence-electron chi connectivity index (χ3n) is 4.54. The fraction of sp³-hybridized carbons (Fsp3) is 0.647. The van der Waals surface area contributed by atoms with Crippen molar-refractivity contribution in [3.05, 3.63) is 35.4 Å². The van der Waals surface area contributed by atoms with Crippen LogP contribution in [0.25, 0.3) is 0 Å². The van der Waals surface area contributed by atoms with Crippen molar-refractivity contribution in [3.63, 3.8) is 0 Å². The van der Waals surface area contributed by atoms with Crippen LogP contribution in [0.5, 0.6) is 0 Å². The Morgan fingerprint density at radius 1 is 1.30 bits per heavy atom. The maximum atomic E-state index is 5.20. The van der Waals surface area contributed by atoms with E-state index in [1.807, 2.05) is 0 Å². The van der Waals surface area contributed by atoms with Gasteiger partial charge in [-0.2, -0.15) is 0 Å². The maximum absolute atomic E-state index is 5.20. The van der Waals surface area contributed by atoms with Gasteiger partial charge in [0.15, 0.2) is 0 Å². The number of nitrogens with zero attached hydrogens (tertiary/aromatic N) is 1. The molecule has 0 amide bonds. The molecule has 3 heteroatoms. The van der Waals surface area contributed by atoms with Crippen LogP contribution in [0, 0.1) is 0 Å². The van der Waals surface area contributed by atoms with Gasteiger partial charge >= 0.3 is 0 Å². The summed E-state index contributed by atoms with van der Waals surface area (Å²) < 4.78 is 5.20. The summed E-state index contributed by atoms with van der Waals surface area (Å²) in [7, 11) is 1.75. The molecule has 1 aliphatic carbocycles. The van der Waals surface area contributed by atoms with E-state index in [0.717, 1.165) is 18.6 Å². The molecule has 1 aromatic carbocycles. The zero-order chi connectivity index (χ0) is 13.9. The van der Waals surface area contributed by atoms with Crippen LogP contribution in [-0.4, -0.2) is 36.7 Å². The molecule has 110 valence electrons. The lowest BCUT2D eigenvalue weighted by molar-refractivity contribution is 0.185. The number of methoxy groups -OCH3 is 1. The molecule has 2 aliphatic rings. The highest BCUT2D eigenvalue weighted by Gasteiger charge is 2.38. The van der Waals surface area contributed by atoms with Gasteiger partial charge < -0.3 is 10.1 Å². The molecule has 0 radical (unpaired) electrons. The van der Waals surface area contributed by atoms with E-state index >= 15 is 0 Å². The smallest absolute Gasteiger partial charge is 0.0713 e. The minimum absolute atomic E-state index is 0.650. The molecule has 0 spiro atoms. The largest absolute Gasteiger partial charge is 0.380 e. The zero-order valence-corrected chi connectivity index (χ0v) is 12.6. The third-order valence-corrected chi connectivity index (χ3v) is 4.54. The second-order valence-corrected chi connectivity index (χ2v) is 6.34. The van der Waals surface area contributed by atoms with Crippen molar-refractivity contribution in [1.29, 1.82) is 0 Å². The van der Waals surface area contributed by atoms with Crippen LogP contribution >= 0.6 is 0 Å². The lowest BCUT2D eigenvalue weighted by Crippen LogP contribution is -2.33. The van der Waals surface area contributed by atoms with Gasteiger partial charge in [0.1, 0.15) is 0 Å². The normalized spacial score (nSPS) is 27.1. The standard InChI is InChI=1S/C17H26N2O/c1-13-8-16(11-19(13)17-6-7-17)18-10-14-4-3-5-15(9-14)12-20-2/h3-5,9,13,16-18H,6-8,10-12H2,1-2H3. The molecule has 1 saturated heterocycles. The quantitative estimate of drug-likeness (QED) is 0.863. The fourth-order valence-electron chi connectivity index (χ4n) is 3.38. The molecule has 1 saturated carbocycles. The summed E-state index contributed by atoms with van der Waals surface area (Å²) in [4.78, 5) is 2.69. The van der Waals surface area contributed by atoms with Gasteiger partial charge in [0.05, 0.1) is 6.61 Å². The molecule has 3 rings (SSSR count). The van der Waals surface area contributed by atoms with E-state index in [-0.39, 0.29) is 0 Å². The summed E-state index contributed by atoms with van der Waals surface area (Å²) in [6, 6.07) is 11.0. The number of hydrogen-bond acceptors (Lipinski definition) is 3. The molecule has 2 unspecified atom stereocenters. The van der Waals surface area contributed by atoms with Gasteiger partial charge in [-0.05, 0) is 37.3 Å². The van der Waals surface area contributed by atoms with Crippen LogP contribution in [0.3, 0.4) is 0 Å². The van der Waals surface area contributed by atoms with Gasteiger partial charge in [-0.1, -0.05) is 24.3 Å². The average Bonchev–Trinajstić information content (AvgIpc) is 3.21. The summed E-state index contributed by atoms with van der Waals surface area (Å²) in [6.07, 6.45) is 4.11. The molecule has 2 fully saturated rings. The van der Waals surface area contributed by atoms with Crippen molar-refractivity contribution in [3.8, 4) is 0 Å². The van der Waals surface area contributed by atoms with Crippen molar-refractivity contribution in [2.75, 3.05) is 13.7 Å². The Balaban J connectivity index is 1.50. The average molecular weight is 274 g/mol. The molecule has 20 heavy (non-hydrogen) atoms. The monoisotopic (exact) mass is 274 g/mol. The molecule has 2 atom stereocenters. The van der Waals surface area contributed by atoms with Gasteiger partial charge in [0.2, 0.25) is 0 Å². The summed E-state index contributed by atoms with van der Waals surface area (Å²) in [6.45, 7) is 5.26. The van der Waals surface area contributed by atoms with E-state index in [0.29, 0.717) is 12.6 Å². The molecular formula is C17H26N2O. The maximum Gasteiger partial charge on any atom is 0.0713 e. The minimum atomic E-state index is 0.650. The molecule has 0 aromatic heterocycles. The summed E-state index contributed by atoms with van der Waals surface area (Å²) in [5.41, 5.74) is 2.61. The summed E-state index contributed by atoms with van der Waals surface area (Å²) in [5.74, 6) is 0. The second-order valence-electron chi connectivity index (χ2n) is 6.34. The van der Waals surface area contributed by atoms with Crippen molar-refractivity contribution >= 4 is 0 Å². The molecule has 0 bridgehead atoms. The van der Waals surface area contributed by atoms with Gasteiger partial charge in [0, 0.05) is 38.3 Å². The van der Waals surface area contributed by atoms with Gasteiger partial charge in [0.25, 0.3) is 0 Å². The number of rotatable bonds is 6. The number of likely N-dealkylation sites (tertiary alicyclic amines) is 1. The Morgan fingerprint density at radius 2 is 2.10 bits per heavy atom. The first-order valence-electron chi connectivity index (χ1n) is 7.82. The molecule has 1 aliphatic heterocycles. The number of hydrogen-bond donors (Lipinski definition) is 1. The van der Waals surface area contributed by atoms with Crippen molar-refractivity contribution in [1.82, 2.24) is 10.2 Å². The first-order chi connectivity index (χ1) is 9.76. The third kappa shape index (κ3) is 3.40. The van der Waals surface area contributed by atoms with Crippen molar-refractivity contribution in [2.24, 2.45) is 0 Å². The number of benzene rings is 1. The molecule has 1 N–H and O–H groups in total. The molecule has 1 aromatic rings. The van der Waals surface area contributed by atoms with E-state index in [1.165, 1.54) is 36.9 Å². The Labute approximate surface area is 122 Å². The number of ether oxygens (including phenoxy) is 1. The van der Waals surface area contributed by atoms with Crippen LogP contribution in [0.2, 0.25) is 0 Å². The Kier molecular flexibility index (Phi) is 4.39. The Bertz CT molecular complexity index is 444. The fourth-order valence-corrected chi connectivity index (χ4v) is 3.38.